The highest BCUT2D eigenvalue weighted by atomic mass is 19.2. The lowest BCUT2D eigenvalue weighted by Gasteiger charge is -2.11. The van der Waals surface area contributed by atoms with Crippen molar-refractivity contribution in [3.05, 3.63) is 41.0 Å². The number of methoxy groups -OCH3 is 1. The third-order valence-electron chi connectivity index (χ3n) is 4.68. The zero-order chi connectivity index (χ0) is 20.5. The number of halogens is 4. The van der Waals surface area contributed by atoms with Crippen LogP contribution in [0.1, 0.15) is 25.8 Å². The third-order valence-corrected chi connectivity index (χ3v) is 4.68. The van der Waals surface area contributed by atoms with Crippen molar-refractivity contribution in [1.29, 1.82) is 0 Å². The molecule has 1 fully saturated rings. The van der Waals surface area contributed by atoms with Crippen molar-refractivity contribution in [3.8, 4) is 5.75 Å². The molecule has 0 bridgehead atoms. The number of carbonyl (C=O) groups is 2. The topological polar surface area (TPSA) is 72.8 Å². The third kappa shape index (κ3) is 3.91. The van der Waals surface area contributed by atoms with Crippen LogP contribution in [0.15, 0.2) is 12.2 Å². The standard InChI is InChI=1S/C18H18F4O5/c1-18(2)9(5-4-6-10(23)24)11(18)17(25)27-7-8-12(19)14(21)16(26-3)15(22)13(8)20/h4-5,9,11H,6-7H2,1-3H3,(H,23,24). The number of allylic oxidation sites excluding steroid dienone is 1. The number of carbonyl (C=O) groups excluding carboxylic acids is 1. The van der Waals surface area contributed by atoms with E-state index in [-0.39, 0.29) is 12.3 Å². The van der Waals surface area contributed by atoms with E-state index < -0.39 is 64.5 Å². The predicted octanol–water partition coefficient (Wildman–Crippen LogP) is 3.60. The van der Waals surface area contributed by atoms with Crippen LogP contribution in [-0.2, 0) is 20.9 Å². The first-order valence-electron chi connectivity index (χ1n) is 7.97. The minimum Gasteiger partial charge on any atom is -0.491 e. The molecule has 2 unspecified atom stereocenters. The lowest BCUT2D eigenvalue weighted by molar-refractivity contribution is -0.147. The zero-order valence-corrected chi connectivity index (χ0v) is 14.8. The number of carboxylic acids is 1. The van der Waals surface area contributed by atoms with Crippen molar-refractivity contribution < 1.29 is 41.7 Å². The molecule has 1 N–H and O–H groups in total. The summed E-state index contributed by atoms with van der Waals surface area (Å²) < 4.78 is 64.3. The fraction of sp³-hybridized carbons (Fsp3) is 0.444. The number of aliphatic carboxylic acids is 1. The summed E-state index contributed by atoms with van der Waals surface area (Å²) in [5.74, 6) is -10.9. The molecule has 0 radical (unpaired) electrons. The minimum absolute atomic E-state index is 0.213. The first-order chi connectivity index (χ1) is 12.5. The fourth-order valence-electron chi connectivity index (χ4n) is 3.00. The first-order valence-corrected chi connectivity index (χ1v) is 7.97. The largest absolute Gasteiger partial charge is 0.491 e. The quantitative estimate of drug-likeness (QED) is 0.333. The van der Waals surface area contributed by atoms with Crippen molar-refractivity contribution in [1.82, 2.24) is 0 Å². The van der Waals surface area contributed by atoms with Gasteiger partial charge >= 0.3 is 11.9 Å². The Morgan fingerprint density at radius 2 is 1.67 bits per heavy atom. The number of carboxylic acid groups (broad SMARTS) is 1. The summed E-state index contributed by atoms with van der Waals surface area (Å²) in [4.78, 5) is 22.7. The average Bonchev–Trinajstić information content (AvgIpc) is 3.14. The Hall–Kier alpha value is -2.58. The average molecular weight is 390 g/mol. The van der Waals surface area contributed by atoms with E-state index >= 15 is 0 Å². The zero-order valence-electron chi connectivity index (χ0n) is 14.8. The predicted molar refractivity (Wildman–Crippen MR) is 84.8 cm³/mol. The van der Waals surface area contributed by atoms with Crippen molar-refractivity contribution >= 4 is 11.9 Å². The SMILES string of the molecule is COc1c(F)c(F)c(COC(=O)C2C(C=CCC(=O)O)C2(C)C)c(F)c1F. The van der Waals surface area contributed by atoms with Crippen LogP contribution in [0.25, 0.3) is 0 Å². The Kier molecular flexibility index (Phi) is 5.82. The monoisotopic (exact) mass is 390 g/mol. The molecule has 1 aromatic carbocycles. The lowest BCUT2D eigenvalue weighted by atomic mass is 10.1. The summed E-state index contributed by atoms with van der Waals surface area (Å²) in [6.45, 7) is 2.48. The van der Waals surface area contributed by atoms with Gasteiger partial charge in [0.05, 0.1) is 25.0 Å². The maximum Gasteiger partial charge on any atom is 0.310 e. The van der Waals surface area contributed by atoms with Crippen molar-refractivity contribution in [2.45, 2.75) is 26.9 Å². The van der Waals surface area contributed by atoms with Gasteiger partial charge in [-0.05, 0) is 11.3 Å². The van der Waals surface area contributed by atoms with Crippen LogP contribution >= 0.6 is 0 Å². The van der Waals surface area contributed by atoms with Crippen LogP contribution in [0.3, 0.4) is 0 Å². The van der Waals surface area contributed by atoms with E-state index in [2.05, 4.69) is 4.74 Å². The number of rotatable bonds is 7. The fourth-order valence-corrected chi connectivity index (χ4v) is 3.00. The number of hydrogen-bond donors (Lipinski definition) is 1. The summed E-state index contributed by atoms with van der Waals surface area (Å²) in [6, 6.07) is 0. The molecule has 1 aromatic rings. The second-order valence-corrected chi connectivity index (χ2v) is 6.73. The van der Waals surface area contributed by atoms with Crippen LogP contribution in [0.5, 0.6) is 5.75 Å². The molecule has 148 valence electrons. The van der Waals surface area contributed by atoms with Gasteiger partial charge in [0.25, 0.3) is 0 Å². The molecule has 0 spiro atoms. The van der Waals surface area contributed by atoms with Crippen LogP contribution < -0.4 is 4.74 Å². The highest BCUT2D eigenvalue weighted by molar-refractivity contribution is 5.78. The second kappa shape index (κ2) is 7.58. The second-order valence-electron chi connectivity index (χ2n) is 6.73. The van der Waals surface area contributed by atoms with E-state index in [1.165, 1.54) is 6.08 Å². The molecule has 27 heavy (non-hydrogen) atoms. The van der Waals surface area contributed by atoms with Gasteiger partial charge in [-0.25, -0.2) is 8.78 Å². The summed E-state index contributed by atoms with van der Waals surface area (Å²) in [6.07, 6.45) is 2.75. The molecule has 0 aliphatic heterocycles. The highest BCUT2D eigenvalue weighted by Crippen LogP contribution is 2.59. The van der Waals surface area contributed by atoms with E-state index in [0.29, 0.717) is 0 Å². The van der Waals surface area contributed by atoms with Crippen LogP contribution in [0.4, 0.5) is 17.6 Å². The summed E-state index contributed by atoms with van der Waals surface area (Å²) in [7, 11) is 0.854. The molecule has 2 atom stereocenters. The molecule has 1 saturated carbocycles. The van der Waals surface area contributed by atoms with Gasteiger partial charge in [-0.3, -0.25) is 9.59 Å². The molecular weight excluding hydrogens is 372 g/mol. The van der Waals surface area contributed by atoms with Crippen LogP contribution in [0.2, 0.25) is 0 Å². The van der Waals surface area contributed by atoms with E-state index in [0.717, 1.165) is 7.11 Å². The maximum atomic E-state index is 13.9. The molecule has 5 nitrogen and oxygen atoms in total. The molecule has 0 saturated heterocycles. The number of esters is 1. The van der Waals surface area contributed by atoms with E-state index in [9.17, 15) is 27.2 Å². The highest BCUT2D eigenvalue weighted by Gasteiger charge is 2.61. The smallest absolute Gasteiger partial charge is 0.310 e. The Labute approximate surface area is 152 Å². The molecular formula is C18H18F4O5. The Morgan fingerprint density at radius 3 is 2.15 bits per heavy atom. The Balaban J connectivity index is 2.11. The van der Waals surface area contributed by atoms with E-state index in [4.69, 9.17) is 9.84 Å². The number of ether oxygens (including phenoxy) is 2. The summed E-state index contributed by atoms with van der Waals surface area (Å²) in [5, 5.41) is 8.61. The summed E-state index contributed by atoms with van der Waals surface area (Å²) >= 11 is 0. The minimum atomic E-state index is -1.72. The van der Waals surface area contributed by atoms with Gasteiger partial charge in [0.1, 0.15) is 6.61 Å². The van der Waals surface area contributed by atoms with Gasteiger partial charge in [-0.2, -0.15) is 8.78 Å². The Bertz CT molecular complexity index is 774. The van der Waals surface area contributed by atoms with Crippen molar-refractivity contribution in [2.24, 2.45) is 17.3 Å². The lowest BCUT2D eigenvalue weighted by Crippen LogP contribution is -2.14. The van der Waals surface area contributed by atoms with Crippen molar-refractivity contribution in [2.75, 3.05) is 7.11 Å². The normalized spacial score (nSPS) is 20.6. The van der Waals surface area contributed by atoms with Gasteiger partial charge in [-0.15, -0.1) is 0 Å². The number of benzene rings is 1. The molecule has 0 heterocycles. The molecule has 1 aliphatic carbocycles. The van der Waals surface area contributed by atoms with Gasteiger partial charge in [0.15, 0.2) is 17.4 Å². The molecule has 0 aromatic heterocycles. The van der Waals surface area contributed by atoms with Crippen molar-refractivity contribution in [3.63, 3.8) is 0 Å². The van der Waals surface area contributed by atoms with Gasteiger partial charge in [0.2, 0.25) is 11.6 Å². The summed E-state index contributed by atoms with van der Waals surface area (Å²) in [5.41, 5.74) is -1.60. The molecule has 2 rings (SSSR count). The van der Waals surface area contributed by atoms with Gasteiger partial charge < -0.3 is 14.6 Å². The molecule has 0 amide bonds. The van der Waals surface area contributed by atoms with Crippen LogP contribution in [-0.4, -0.2) is 24.2 Å². The van der Waals surface area contributed by atoms with Gasteiger partial charge in [0, 0.05) is 0 Å². The maximum absolute atomic E-state index is 13.9. The number of hydrogen-bond acceptors (Lipinski definition) is 4. The first kappa shape index (κ1) is 20.7. The van der Waals surface area contributed by atoms with Crippen LogP contribution in [0, 0.1) is 40.5 Å². The van der Waals surface area contributed by atoms with E-state index in [1.807, 2.05) is 0 Å². The molecule has 9 heteroatoms. The molecule has 1 aliphatic rings. The van der Waals surface area contributed by atoms with E-state index in [1.54, 1.807) is 19.9 Å². The van der Waals surface area contributed by atoms with Gasteiger partial charge in [-0.1, -0.05) is 26.0 Å². The Morgan fingerprint density at radius 1 is 1.11 bits per heavy atom.